The van der Waals surface area contributed by atoms with Gasteiger partial charge in [0.15, 0.2) is 0 Å². The summed E-state index contributed by atoms with van der Waals surface area (Å²) in [4.78, 5) is 25.3. The van der Waals surface area contributed by atoms with Crippen LogP contribution in [0.15, 0.2) is 58.7 Å². The maximum absolute atomic E-state index is 12.0. The van der Waals surface area contributed by atoms with E-state index in [4.69, 9.17) is 0 Å². The Hall–Kier alpha value is -2.34. The molecule has 0 aromatic heterocycles. The molecule has 1 amide bonds. The van der Waals surface area contributed by atoms with Crippen molar-refractivity contribution in [2.24, 2.45) is 0 Å². The third-order valence-electron chi connectivity index (χ3n) is 3.24. The van der Waals surface area contributed by atoms with Gasteiger partial charge in [0, 0.05) is 29.8 Å². The number of amides is 1. The molecular formula is C18H21BrN2O3. The predicted octanol–water partition coefficient (Wildman–Crippen LogP) is 4.05. The number of hydrogen-bond donors (Lipinski definition) is 2. The van der Waals surface area contributed by atoms with Gasteiger partial charge in [0.25, 0.3) is 0 Å². The summed E-state index contributed by atoms with van der Waals surface area (Å²) in [5.41, 5.74) is 1.25. The van der Waals surface area contributed by atoms with Gasteiger partial charge in [-0.1, -0.05) is 28.1 Å². The predicted molar refractivity (Wildman–Crippen MR) is 100 cm³/mol. The summed E-state index contributed by atoms with van der Waals surface area (Å²) in [7, 11) is 1.96. The molecule has 24 heavy (non-hydrogen) atoms. The van der Waals surface area contributed by atoms with Crippen molar-refractivity contribution in [3.63, 3.8) is 0 Å². The van der Waals surface area contributed by atoms with Gasteiger partial charge in [-0.2, -0.15) is 0 Å². The molecular weight excluding hydrogens is 372 g/mol. The molecule has 0 aliphatic heterocycles. The zero-order valence-corrected chi connectivity index (χ0v) is 15.5. The molecule has 1 aromatic rings. The molecule has 0 heterocycles. The number of benzene rings is 1. The topological polar surface area (TPSA) is 69.6 Å². The van der Waals surface area contributed by atoms with Crippen LogP contribution in [-0.4, -0.2) is 35.5 Å². The molecule has 0 aliphatic carbocycles. The minimum absolute atomic E-state index is 0.0296. The molecule has 0 saturated heterocycles. The molecule has 2 N–H and O–H groups in total. The first-order chi connectivity index (χ1) is 11.4. The second-order valence-corrected chi connectivity index (χ2v) is 5.86. The molecule has 0 atom stereocenters. The van der Waals surface area contributed by atoms with Crippen molar-refractivity contribution in [1.82, 2.24) is 4.90 Å². The minimum Gasteiger partial charge on any atom is -0.478 e. The average Bonchev–Trinajstić information content (AvgIpc) is 2.54. The van der Waals surface area contributed by atoms with Gasteiger partial charge in [-0.05, 0) is 44.2 Å². The lowest BCUT2D eigenvalue weighted by Crippen LogP contribution is -2.15. The lowest BCUT2D eigenvalue weighted by atomic mass is 10.2. The summed E-state index contributed by atoms with van der Waals surface area (Å²) < 4.78 is 0.634. The Balaban J connectivity index is 2.88. The van der Waals surface area contributed by atoms with Crippen molar-refractivity contribution in [3.05, 3.63) is 64.3 Å². The number of anilines is 1. The first-order valence-electron chi connectivity index (χ1n) is 7.45. The van der Waals surface area contributed by atoms with Crippen molar-refractivity contribution in [2.45, 2.75) is 13.8 Å². The van der Waals surface area contributed by atoms with E-state index in [9.17, 15) is 14.7 Å². The molecule has 0 radical (unpaired) electrons. The van der Waals surface area contributed by atoms with Gasteiger partial charge in [-0.25, -0.2) is 4.79 Å². The Morgan fingerprint density at radius 1 is 1.33 bits per heavy atom. The van der Waals surface area contributed by atoms with E-state index in [-0.39, 0.29) is 11.3 Å². The molecule has 0 aliphatic rings. The Labute approximate surface area is 150 Å². The highest BCUT2D eigenvalue weighted by Gasteiger charge is 2.11. The standard InChI is InChI=1S/C18H21BrN2O3/c1-4-7-14(21(3)5-2)8-6-9-17(22)20-16-11-10-13(19)12-15(16)18(23)24/h4,6-12H,5H2,1-3H3,(H,20,22)(H,23,24)/b7-4-,9-6+,14-8+. The highest BCUT2D eigenvalue weighted by molar-refractivity contribution is 9.10. The molecule has 0 saturated carbocycles. The van der Waals surface area contributed by atoms with Crippen molar-refractivity contribution >= 4 is 33.5 Å². The van der Waals surface area contributed by atoms with Gasteiger partial charge in [0.2, 0.25) is 5.91 Å². The van der Waals surface area contributed by atoms with E-state index >= 15 is 0 Å². The van der Waals surface area contributed by atoms with Crippen LogP contribution in [0.1, 0.15) is 24.2 Å². The van der Waals surface area contributed by atoms with Crippen LogP contribution < -0.4 is 5.32 Å². The summed E-state index contributed by atoms with van der Waals surface area (Å²) in [6.45, 7) is 4.81. The highest BCUT2D eigenvalue weighted by atomic mass is 79.9. The van der Waals surface area contributed by atoms with E-state index in [2.05, 4.69) is 21.2 Å². The molecule has 1 rings (SSSR count). The Bertz CT molecular complexity index is 694. The largest absolute Gasteiger partial charge is 0.478 e. The van der Waals surface area contributed by atoms with Crippen molar-refractivity contribution in [1.29, 1.82) is 0 Å². The third-order valence-corrected chi connectivity index (χ3v) is 3.73. The molecule has 0 fully saturated rings. The molecule has 1 aromatic carbocycles. The van der Waals surface area contributed by atoms with E-state index in [1.165, 1.54) is 12.1 Å². The molecule has 5 nitrogen and oxygen atoms in total. The number of nitrogens with zero attached hydrogens (tertiary/aromatic N) is 1. The third kappa shape index (κ3) is 6.04. The van der Waals surface area contributed by atoms with E-state index in [0.717, 1.165) is 12.2 Å². The van der Waals surface area contributed by atoms with Crippen molar-refractivity contribution < 1.29 is 14.7 Å². The second kappa shape index (κ2) is 9.72. The molecule has 128 valence electrons. The number of carboxylic acid groups (broad SMARTS) is 1. The summed E-state index contributed by atoms with van der Waals surface area (Å²) in [6, 6.07) is 4.67. The summed E-state index contributed by atoms with van der Waals surface area (Å²) in [6.07, 6.45) is 8.69. The average molecular weight is 393 g/mol. The maximum Gasteiger partial charge on any atom is 0.337 e. The lowest BCUT2D eigenvalue weighted by Gasteiger charge is -2.17. The summed E-state index contributed by atoms with van der Waals surface area (Å²) in [5.74, 6) is -1.49. The number of aromatic carboxylic acids is 1. The number of likely N-dealkylation sites (N-methyl/N-ethyl adjacent to an activating group) is 1. The fraction of sp³-hybridized carbons (Fsp3) is 0.222. The Morgan fingerprint density at radius 3 is 2.62 bits per heavy atom. The van der Waals surface area contributed by atoms with Gasteiger partial charge in [0.1, 0.15) is 0 Å². The van der Waals surface area contributed by atoms with Crippen LogP contribution in [0, 0.1) is 0 Å². The zero-order chi connectivity index (χ0) is 18.1. The van der Waals surface area contributed by atoms with E-state index in [1.807, 2.05) is 44.0 Å². The number of carbonyl (C=O) groups is 2. The van der Waals surface area contributed by atoms with Crippen LogP contribution in [0.2, 0.25) is 0 Å². The molecule has 0 bridgehead atoms. The fourth-order valence-electron chi connectivity index (χ4n) is 1.87. The van der Waals surface area contributed by atoms with E-state index in [0.29, 0.717) is 4.47 Å². The quantitative estimate of drug-likeness (QED) is 0.542. The summed E-state index contributed by atoms with van der Waals surface area (Å²) >= 11 is 3.21. The normalized spacial score (nSPS) is 11.9. The zero-order valence-electron chi connectivity index (χ0n) is 13.9. The first kappa shape index (κ1) is 19.7. The van der Waals surface area contributed by atoms with Gasteiger partial charge in [-0.3, -0.25) is 4.79 Å². The van der Waals surface area contributed by atoms with Crippen LogP contribution in [0.25, 0.3) is 0 Å². The maximum atomic E-state index is 12.0. The fourth-order valence-corrected chi connectivity index (χ4v) is 2.24. The number of carbonyl (C=O) groups excluding carboxylic acids is 1. The SMILES string of the molecule is C\C=C/C(=C\C=C\C(=O)Nc1ccc(Br)cc1C(=O)O)N(C)CC. The molecule has 0 unspecified atom stereocenters. The second-order valence-electron chi connectivity index (χ2n) is 4.95. The number of allylic oxidation sites excluding steroid dienone is 4. The number of halogens is 1. The Kier molecular flexibility index (Phi) is 7.98. The van der Waals surface area contributed by atoms with E-state index in [1.54, 1.807) is 18.2 Å². The minimum atomic E-state index is -1.10. The van der Waals surface area contributed by atoms with E-state index < -0.39 is 11.9 Å². The number of hydrogen-bond acceptors (Lipinski definition) is 3. The Morgan fingerprint density at radius 2 is 2.04 bits per heavy atom. The van der Waals surface area contributed by atoms with Gasteiger partial charge in [-0.15, -0.1) is 0 Å². The first-order valence-corrected chi connectivity index (χ1v) is 8.24. The highest BCUT2D eigenvalue weighted by Crippen LogP contribution is 2.21. The van der Waals surface area contributed by atoms with Gasteiger partial charge < -0.3 is 15.3 Å². The van der Waals surface area contributed by atoms with Crippen LogP contribution in [0.4, 0.5) is 5.69 Å². The number of nitrogens with one attached hydrogen (secondary N) is 1. The smallest absolute Gasteiger partial charge is 0.337 e. The van der Waals surface area contributed by atoms with Crippen molar-refractivity contribution in [3.8, 4) is 0 Å². The monoisotopic (exact) mass is 392 g/mol. The number of carboxylic acids is 1. The van der Waals surface area contributed by atoms with Crippen LogP contribution in [-0.2, 0) is 4.79 Å². The summed E-state index contributed by atoms with van der Waals surface area (Å²) in [5, 5.41) is 11.8. The molecule has 0 spiro atoms. The number of rotatable bonds is 7. The van der Waals surface area contributed by atoms with Gasteiger partial charge in [0.05, 0.1) is 11.3 Å². The van der Waals surface area contributed by atoms with Crippen molar-refractivity contribution in [2.75, 3.05) is 18.9 Å². The molecule has 6 heteroatoms. The lowest BCUT2D eigenvalue weighted by molar-refractivity contribution is -0.111. The van der Waals surface area contributed by atoms with Gasteiger partial charge >= 0.3 is 5.97 Å². The van der Waals surface area contributed by atoms with Crippen LogP contribution in [0.5, 0.6) is 0 Å². The van der Waals surface area contributed by atoms with Crippen LogP contribution in [0.3, 0.4) is 0 Å². The van der Waals surface area contributed by atoms with Crippen LogP contribution >= 0.6 is 15.9 Å².